The molecule has 93 heavy (non-hydrogen) atoms. The predicted octanol–water partition coefficient (Wildman–Crippen LogP) is 8.24. The smallest absolute Gasteiger partial charge is 0.267 e. The Morgan fingerprint density at radius 1 is 0.731 bits per heavy atom. The first-order valence-electron chi connectivity index (χ1n) is 32.4. The number of rotatable bonds is 35. The van der Waals surface area contributed by atoms with Gasteiger partial charge >= 0.3 is 0 Å². The molecule has 0 unspecified atom stereocenters. The predicted molar refractivity (Wildman–Crippen MR) is 363 cm³/mol. The summed E-state index contributed by atoms with van der Waals surface area (Å²) in [5.74, 6) is -1.91. The number of benzene rings is 2. The highest BCUT2D eigenvalue weighted by atomic mass is 32.2. The van der Waals surface area contributed by atoms with E-state index < -0.39 is 54.2 Å². The van der Waals surface area contributed by atoms with Gasteiger partial charge in [0.25, 0.3) is 11.8 Å². The zero-order valence-electron chi connectivity index (χ0n) is 56.0. The Morgan fingerprint density at radius 3 is 1.95 bits per heavy atom. The van der Waals surface area contributed by atoms with E-state index in [-0.39, 0.29) is 53.7 Å². The fourth-order valence-electron chi connectivity index (χ4n) is 11.8. The average molecular weight is 1320 g/mol. The highest BCUT2D eigenvalue weighted by molar-refractivity contribution is 7.99. The number of carbonyl (C=O) groups is 6. The van der Waals surface area contributed by atoms with Gasteiger partial charge in [-0.15, -0.1) is 23.5 Å². The zero-order chi connectivity index (χ0) is 67.4. The van der Waals surface area contributed by atoms with Crippen molar-refractivity contribution in [3.63, 3.8) is 0 Å². The summed E-state index contributed by atoms with van der Waals surface area (Å²) in [5, 5.41) is 18.2. The van der Waals surface area contributed by atoms with Gasteiger partial charge < -0.3 is 49.4 Å². The van der Waals surface area contributed by atoms with Gasteiger partial charge in [0.2, 0.25) is 23.6 Å². The lowest BCUT2D eigenvalue weighted by molar-refractivity contribution is -0.148. The molecule has 23 heteroatoms. The quantitative estimate of drug-likeness (QED) is 0.0126. The van der Waals surface area contributed by atoms with Crippen molar-refractivity contribution in [1.29, 1.82) is 0 Å². The summed E-state index contributed by atoms with van der Waals surface area (Å²) in [4.78, 5) is 100. The third kappa shape index (κ3) is 23.1. The van der Waals surface area contributed by atoms with E-state index in [1.54, 1.807) is 72.0 Å². The van der Waals surface area contributed by atoms with Crippen LogP contribution in [0.5, 0.6) is 0 Å². The van der Waals surface area contributed by atoms with Crippen LogP contribution >= 0.6 is 23.5 Å². The van der Waals surface area contributed by atoms with Crippen LogP contribution < -0.4 is 21.4 Å². The number of likely N-dealkylation sites (N-methyl/N-ethyl adjacent to an activating group) is 2. The van der Waals surface area contributed by atoms with Crippen LogP contribution in [0.15, 0.2) is 119 Å². The highest BCUT2D eigenvalue weighted by Gasteiger charge is 2.43. The van der Waals surface area contributed by atoms with Crippen LogP contribution in [0.2, 0.25) is 0 Å². The molecule has 1 fully saturated rings. The maximum absolute atomic E-state index is 14.8. The largest absolute Gasteiger partial charge is 0.379 e. The Bertz CT molecular complexity index is 3140. The summed E-state index contributed by atoms with van der Waals surface area (Å²) in [6.45, 7) is 16.7. The molecule has 9 atom stereocenters. The number of nitrogens with one attached hydrogen (secondary N) is 4. The second-order valence-electron chi connectivity index (χ2n) is 24.4. The van der Waals surface area contributed by atoms with Crippen molar-refractivity contribution < 1.29 is 57.7 Å². The van der Waals surface area contributed by atoms with Crippen molar-refractivity contribution in [3.05, 3.63) is 132 Å². The topological polar surface area (TPSA) is 252 Å². The van der Waals surface area contributed by atoms with Gasteiger partial charge in [0, 0.05) is 73.8 Å². The summed E-state index contributed by atoms with van der Waals surface area (Å²) >= 11 is 3.43. The molecule has 6 rings (SSSR count). The van der Waals surface area contributed by atoms with Gasteiger partial charge in [-0.1, -0.05) is 116 Å². The molecular formula is C70H99N9O12S2. The van der Waals surface area contributed by atoms with Crippen LogP contribution in [0.1, 0.15) is 101 Å². The first-order chi connectivity index (χ1) is 44.8. The Kier molecular flexibility index (Phi) is 31.9. The second kappa shape index (κ2) is 39.4. The summed E-state index contributed by atoms with van der Waals surface area (Å²) in [7, 11) is 6.65. The maximum Gasteiger partial charge on any atom is 0.267 e. The minimum atomic E-state index is -0.882. The Hall–Kier alpha value is -6.54. The molecule has 5 N–H and O–H groups in total. The summed E-state index contributed by atoms with van der Waals surface area (Å²) in [6.07, 6.45) is 3.62. The van der Waals surface area contributed by atoms with Gasteiger partial charge in [-0.2, -0.15) is 0 Å². The van der Waals surface area contributed by atoms with Gasteiger partial charge in [-0.05, 0) is 92.1 Å². The molecule has 508 valence electrons. The SMILES string of the molecule is CC[C@H](C)[C@@H]([C@@H](CC(=O)N1CCC[C@H]1[C@H](OC)[C@@H](C)C(=O)N[C@H](/C=C/C(=O)NO)Cc1ccccc1)OC)N(C)C(=O)[C@@H](NC(=O)[C@H](C(C)C)N(C)CCOCCOCCOCCNC(=O)c1ccc2nc3c(nc2c1)CSc1ccccccc(cc1)SC3)C(C)C. The molecule has 4 aromatic rings. The van der Waals surface area contributed by atoms with Crippen LogP contribution in [0, 0.1) is 23.7 Å². The Labute approximate surface area is 558 Å². The van der Waals surface area contributed by atoms with Crippen LogP contribution in [0.25, 0.3) is 11.0 Å². The first kappa shape index (κ1) is 75.5. The number of thioether (sulfide) groups is 2. The van der Waals surface area contributed by atoms with E-state index in [1.807, 2.05) is 114 Å². The van der Waals surface area contributed by atoms with E-state index in [4.69, 9.17) is 38.9 Å². The van der Waals surface area contributed by atoms with Crippen molar-refractivity contribution in [2.75, 3.05) is 87.6 Å². The third-order valence-corrected chi connectivity index (χ3v) is 19.1. The standard InChI is InChI=1S/C70H99N9O12S2/c1-12-48(6)65(60(87-10)43-62(81)79-33-20-25-59(79)66(88-11)49(7)67(82)72-52(27-31-61(80)76-86)41-50-21-16-15-17-22-50)78(9)70(85)63(46(2)3)75-69(84)64(47(4)5)77(8)34-36-90-38-40-91-39-37-89-35-32-71-68(83)51-26-30-55-56(42-51)74-58-45-93-54-24-19-14-13-18-23-53(28-29-54)92-44-57(58)73-55/h13-19,21-24,26-31,42,46-49,52,59-60,63-66,86H,12,20,25,32-41,43-45H2,1-11H3,(H,71,83)(H,72,82)(H,75,84)(H,76,80)/b14-13?,18-13?,19-14?,23-18?,24-19?,29-28?,31-27+,53-23?,53-28?,54-24?,54-29?/t48-,49+,52+,59-,60+,63-,64-,65-,66+/m0/s1. The maximum atomic E-state index is 14.8. The molecule has 0 saturated carbocycles. The number of hydrogen-bond donors (Lipinski definition) is 5. The lowest BCUT2D eigenvalue weighted by Crippen LogP contribution is -2.60. The number of carbonyl (C=O) groups excluding carboxylic acids is 6. The average Bonchev–Trinajstić information content (AvgIpc) is 1.69. The molecular weight excluding hydrogens is 1220 g/mol. The lowest BCUT2D eigenvalue weighted by Gasteiger charge is -2.41. The molecule has 2 aliphatic heterocycles. The normalized spacial score (nSPS) is 16.6. The van der Waals surface area contributed by atoms with E-state index in [2.05, 4.69) is 40.2 Å². The van der Waals surface area contributed by atoms with Crippen LogP contribution in [0.4, 0.5) is 0 Å². The second-order valence-corrected chi connectivity index (χ2v) is 26.5. The monoisotopic (exact) mass is 1320 g/mol. The Balaban J connectivity index is 0.925. The van der Waals surface area contributed by atoms with Gasteiger partial charge in [0.05, 0.1) is 111 Å². The molecule has 21 nitrogen and oxygen atoms in total. The number of fused-ring (bicyclic) bond motifs is 5. The van der Waals surface area contributed by atoms with Crippen molar-refractivity contribution in [2.24, 2.45) is 23.7 Å². The molecule has 3 aromatic carbocycles. The number of nitrogens with zero attached hydrogens (tertiary/aromatic N) is 5. The van der Waals surface area contributed by atoms with Crippen molar-refractivity contribution in [2.45, 2.75) is 144 Å². The number of aromatic nitrogens is 2. The van der Waals surface area contributed by atoms with Crippen LogP contribution in [-0.2, 0) is 65.6 Å². The molecule has 0 aliphatic carbocycles. The van der Waals surface area contributed by atoms with E-state index in [1.165, 1.54) is 13.2 Å². The van der Waals surface area contributed by atoms with Crippen molar-refractivity contribution >= 4 is 70.0 Å². The molecule has 0 spiro atoms. The van der Waals surface area contributed by atoms with Gasteiger partial charge in [0.15, 0.2) is 0 Å². The van der Waals surface area contributed by atoms with Gasteiger partial charge in [-0.3, -0.25) is 38.9 Å². The fraction of sp³-hybridized carbons (Fsp3) is 0.543. The number of methoxy groups -OCH3 is 2. The molecule has 1 saturated heterocycles. The Morgan fingerprint density at radius 2 is 1.34 bits per heavy atom. The third-order valence-electron chi connectivity index (χ3n) is 17.0. The number of likely N-dealkylation sites (tertiary alicyclic amines) is 1. The number of hydrogen-bond acceptors (Lipinski definition) is 17. The highest BCUT2D eigenvalue weighted by Crippen LogP contribution is 2.32. The molecule has 3 heterocycles. The summed E-state index contributed by atoms with van der Waals surface area (Å²) in [5.41, 5.74) is 6.26. The van der Waals surface area contributed by atoms with Crippen LogP contribution in [-0.4, -0.2) is 195 Å². The van der Waals surface area contributed by atoms with E-state index in [0.29, 0.717) is 108 Å². The minimum Gasteiger partial charge on any atom is -0.379 e. The molecule has 1 aromatic heterocycles. The zero-order valence-corrected chi connectivity index (χ0v) is 57.7. The lowest BCUT2D eigenvalue weighted by atomic mass is 9.89. The van der Waals surface area contributed by atoms with Gasteiger partial charge in [-0.25, -0.2) is 15.4 Å². The molecule has 0 radical (unpaired) electrons. The van der Waals surface area contributed by atoms with Crippen molar-refractivity contribution in [3.8, 4) is 0 Å². The van der Waals surface area contributed by atoms with E-state index in [9.17, 15) is 28.8 Å². The van der Waals surface area contributed by atoms with E-state index >= 15 is 0 Å². The number of amides is 6. The van der Waals surface area contributed by atoms with Crippen molar-refractivity contribution in [1.82, 2.24) is 46.1 Å². The molecule has 2 aliphatic rings. The fourth-order valence-corrected chi connectivity index (χ4v) is 13.6. The number of ether oxygens (including phenoxy) is 5. The van der Waals surface area contributed by atoms with E-state index in [0.717, 1.165) is 38.3 Å². The first-order valence-corrected chi connectivity index (χ1v) is 34.3. The number of hydroxylamine groups is 1. The minimum absolute atomic E-state index is 0.0429. The summed E-state index contributed by atoms with van der Waals surface area (Å²) in [6, 6.07) is 28.4. The molecule has 6 amide bonds. The summed E-state index contributed by atoms with van der Waals surface area (Å²) < 4.78 is 29.5. The van der Waals surface area contributed by atoms with Crippen LogP contribution in [0.3, 0.4) is 0 Å². The van der Waals surface area contributed by atoms with Gasteiger partial charge in [0.1, 0.15) is 6.04 Å². The molecule has 2 bridgehead atoms.